The van der Waals surface area contributed by atoms with Gasteiger partial charge in [-0.3, -0.25) is 40.5 Å². The van der Waals surface area contributed by atoms with Crippen molar-refractivity contribution < 1.29 is 19.7 Å². The summed E-state index contributed by atoms with van der Waals surface area (Å²) in [6, 6.07) is 47.0. The molecule has 0 bridgehead atoms. The number of fused-ring (bicyclic) bond motifs is 12. The summed E-state index contributed by atoms with van der Waals surface area (Å²) in [5, 5.41) is 52.9. The minimum atomic E-state index is -0.329. The van der Waals surface area contributed by atoms with Gasteiger partial charge in [-0.1, -0.05) is 60.4 Å². The van der Waals surface area contributed by atoms with Gasteiger partial charge in [-0.05, 0) is 225 Å². The number of benzene rings is 8. The Bertz CT molecular complexity index is 4770. The first-order valence-corrected chi connectivity index (χ1v) is 34.7. The highest BCUT2D eigenvalue weighted by Gasteiger charge is 2.24. The zero-order valence-electron chi connectivity index (χ0n) is 58.2. The number of hydrogen-bond acceptors (Lipinski definition) is 12. The summed E-state index contributed by atoms with van der Waals surface area (Å²) < 4.78 is 9.23. The summed E-state index contributed by atoms with van der Waals surface area (Å²) in [5.41, 5.74) is 14.2. The number of hydrogen-bond donors (Lipinski definition) is 0. The van der Waals surface area contributed by atoms with Crippen molar-refractivity contribution in [3.8, 4) is 0 Å². The maximum absolute atomic E-state index is 11.2. The van der Waals surface area contributed by atoms with Gasteiger partial charge in [0.15, 0.2) is 0 Å². The predicted octanol–water partition coefficient (Wildman–Crippen LogP) is 17.7. The molecule has 14 rings (SSSR count). The van der Waals surface area contributed by atoms with Crippen LogP contribution in [0.4, 0.5) is 22.7 Å². The largest absolute Gasteiger partial charge is 0.340 e. The van der Waals surface area contributed by atoms with Crippen LogP contribution in [-0.2, 0) is 26.2 Å². The first-order valence-electron chi connectivity index (χ1n) is 34.7. The zero-order valence-corrected chi connectivity index (χ0v) is 58.2. The number of aromatic nitrogens is 4. The molecule has 512 valence electrons. The van der Waals surface area contributed by atoms with Crippen LogP contribution in [0.15, 0.2) is 146 Å². The second-order valence-electron chi connectivity index (χ2n) is 27.0. The number of non-ortho nitro benzene ring substituents is 4. The maximum Gasteiger partial charge on any atom is 0.270 e. The molecule has 20 nitrogen and oxygen atoms in total. The number of rotatable bonds is 21. The van der Waals surface area contributed by atoms with Gasteiger partial charge in [-0.2, -0.15) is 0 Å². The standard InChI is InChI=1S/2C20H23N3O2.C20H25N3O2.C18H21N3O2/c1-14-5-7-19-17(12-14)18-13-16(23(24)25)6-8-20(18)22(19)11-9-15-4-3-10-21(15)2;1-15-5-7-19-17(13-15)18-14-16(23(24)25)6-8-20(18)22(19)12-4-11-21-9-2-3-10-21;1-4-21(5-2)11-6-12-22-19-9-7-15(3)13-17(19)18-14-16(23(24)25)8-10-20(18)22;1-13-5-7-17-15(11-13)16-12-14(21(22)23)6-8-18(16)20(17)10-4-9-19(2)3/h5-8,12-13,15H,3-4,9-11H2,1-2H3;5-8,13-14H,2-4,9-12H2,1H3;7-10,13-14H,4-6,11-12H2,1-3H3;5-8,11-12H,4,9-10H2,1-3H3. The quantitative estimate of drug-likeness (QED) is 0.0487. The van der Waals surface area contributed by atoms with Gasteiger partial charge in [0, 0.05) is 168 Å². The van der Waals surface area contributed by atoms with Gasteiger partial charge in [0.05, 0.1) is 19.7 Å². The van der Waals surface area contributed by atoms with Gasteiger partial charge in [0.1, 0.15) is 0 Å². The minimum absolute atomic E-state index is 0.145. The van der Waals surface area contributed by atoms with Crippen LogP contribution in [0.3, 0.4) is 0 Å². The molecule has 20 heteroatoms. The lowest BCUT2D eigenvalue weighted by molar-refractivity contribution is -0.384. The molecule has 0 N–H and O–H groups in total. The average Bonchev–Trinajstić information content (AvgIpc) is 1.63. The highest BCUT2D eigenvalue weighted by Crippen LogP contribution is 2.38. The first-order chi connectivity index (χ1) is 47.2. The Labute approximate surface area is 571 Å². The van der Waals surface area contributed by atoms with E-state index in [0.717, 1.165) is 166 Å². The molecule has 0 radical (unpaired) electrons. The molecule has 2 aliphatic heterocycles. The second kappa shape index (κ2) is 30.9. The number of aryl methyl sites for hydroxylation is 8. The second-order valence-corrected chi connectivity index (χ2v) is 27.0. The third kappa shape index (κ3) is 15.4. The van der Waals surface area contributed by atoms with Gasteiger partial charge >= 0.3 is 0 Å². The summed E-state index contributed by atoms with van der Waals surface area (Å²) in [4.78, 5) is 52.9. The highest BCUT2D eigenvalue weighted by molar-refractivity contribution is 6.12. The summed E-state index contributed by atoms with van der Waals surface area (Å²) in [7, 11) is 6.34. The van der Waals surface area contributed by atoms with Crippen LogP contribution in [0.2, 0.25) is 0 Å². The van der Waals surface area contributed by atoms with E-state index in [9.17, 15) is 40.5 Å². The SMILES string of the molecule is CCN(CC)CCCn1c2ccc(C)cc2c2cc([N+](=O)[O-])ccc21.Cc1ccc2c(c1)c1cc([N+](=O)[O-])ccc1n2CCC1CCCN1C.Cc1ccc2c(c1)c1cc([N+](=O)[O-])ccc1n2CCCN(C)C.Cc1ccc2c(c1)c1cc([N+](=O)[O-])ccc1n2CCCN1CCCC1. The fraction of sp³-hybridized carbons (Fsp3) is 0.385. The van der Waals surface area contributed by atoms with E-state index < -0.39 is 0 Å². The summed E-state index contributed by atoms with van der Waals surface area (Å²) >= 11 is 0. The molecule has 98 heavy (non-hydrogen) atoms. The Kier molecular flexibility index (Phi) is 22.0. The highest BCUT2D eigenvalue weighted by atomic mass is 16.6. The Morgan fingerprint density at radius 1 is 0.388 bits per heavy atom. The van der Waals surface area contributed by atoms with Crippen molar-refractivity contribution in [3.63, 3.8) is 0 Å². The molecule has 0 saturated carbocycles. The van der Waals surface area contributed by atoms with Crippen LogP contribution in [-0.4, -0.2) is 137 Å². The lowest BCUT2D eigenvalue weighted by Gasteiger charge is -2.20. The van der Waals surface area contributed by atoms with E-state index in [1.165, 1.54) is 73.0 Å². The van der Waals surface area contributed by atoms with Crippen LogP contribution < -0.4 is 0 Å². The van der Waals surface area contributed by atoms with Gasteiger partial charge in [0.25, 0.3) is 22.7 Å². The molecular weight excluding hydrogens is 1230 g/mol. The number of nitro groups is 4. The molecule has 0 amide bonds. The van der Waals surface area contributed by atoms with Crippen molar-refractivity contribution in [2.75, 3.05) is 73.5 Å². The molecule has 2 saturated heterocycles. The van der Waals surface area contributed by atoms with E-state index in [4.69, 9.17) is 0 Å². The molecule has 6 heterocycles. The topological polar surface area (TPSA) is 205 Å². The smallest absolute Gasteiger partial charge is 0.270 e. The Morgan fingerprint density at radius 2 is 0.694 bits per heavy atom. The van der Waals surface area contributed by atoms with Gasteiger partial charge < -0.3 is 37.9 Å². The Morgan fingerprint density at radius 3 is 1.00 bits per heavy atom. The molecule has 2 aliphatic rings. The number of nitro benzene ring substituents is 4. The summed E-state index contributed by atoms with van der Waals surface area (Å²) in [6.45, 7) is 25.3. The Hall–Kier alpha value is -9.60. The monoisotopic (exact) mass is 1320 g/mol. The molecule has 8 aromatic carbocycles. The fourth-order valence-electron chi connectivity index (χ4n) is 14.9. The number of nitrogens with zero attached hydrogens (tertiary/aromatic N) is 12. The van der Waals surface area contributed by atoms with E-state index in [-0.39, 0.29) is 42.4 Å². The van der Waals surface area contributed by atoms with E-state index in [1.807, 2.05) is 31.2 Å². The first kappa shape index (κ1) is 69.7. The van der Waals surface area contributed by atoms with Crippen LogP contribution in [0.1, 0.15) is 87.5 Å². The summed E-state index contributed by atoms with van der Waals surface area (Å²) in [5.74, 6) is 0. The van der Waals surface area contributed by atoms with Crippen molar-refractivity contribution in [2.45, 2.75) is 125 Å². The minimum Gasteiger partial charge on any atom is -0.340 e. The third-order valence-corrected chi connectivity index (χ3v) is 20.0. The molecule has 1 unspecified atom stereocenters. The van der Waals surface area contributed by atoms with Crippen molar-refractivity contribution in [2.24, 2.45) is 0 Å². The number of likely N-dealkylation sites (tertiary alicyclic amines) is 2. The van der Waals surface area contributed by atoms with Crippen LogP contribution in [0, 0.1) is 68.2 Å². The molecule has 4 aromatic heterocycles. The fourth-order valence-corrected chi connectivity index (χ4v) is 14.9. The van der Waals surface area contributed by atoms with Crippen molar-refractivity contribution in [3.05, 3.63) is 208 Å². The van der Waals surface area contributed by atoms with Crippen molar-refractivity contribution in [1.29, 1.82) is 0 Å². The molecular formula is C78H92N12O8. The molecule has 2 fully saturated rings. The summed E-state index contributed by atoms with van der Waals surface area (Å²) in [6.07, 6.45) is 9.49. The van der Waals surface area contributed by atoms with E-state index >= 15 is 0 Å². The van der Waals surface area contributed by atoms with Crippen LogP contribution in [0.25, 0.3) is 87.2 Å². The van der Waals surface area contributed by atoms with E-state index in [1.54, 1.807) is 48.5 Å². The average molecular weight is 1330 g/mol. The van der Waals surface area contributed by atoms with E-state index in [0.29, 0.717) is 6.04 Å². The maximum atomic E-state index is 11.2. The molecule has 1 atom stereocenters. The van der Waals surface area contributed by atoms with Crippen LogP contribution in [0.5, 0.6) is 0 Å². The van der Waals surface area contributed by atoms with Gasteiger partial charge in [-0.25, -0.2) is 0 Å². The lowest BCUT2D eigenvalue weighted by Crippen LogP contribution is -2.26. The Balaban J connectivity index is 0.000000132. The lowest BCUT2D eigenvalue weighted by atomic mass is 10.1. The normalized spacial score (nSPS) is 14.3. The molecule has 12 aromatic rings. The van der Waals surface area contributed by atoms with Crippen LogP contribution >= 0.6 is 0 Å². The predicted molar refractivity (Wildman–Crippen MR) is 399 cm³/mol. The van der Waals surface area contributed by atoms with Gasteiger partial charge in [0.2, 0.25) is 0 Å². The van der Waals surface area contributed by atoms with Crippen molar-refractivity contribution >= 4 is 110 Å². The van der Waals surface area contributed by atoms with Crippen molar-refractivity contribution in [1.82, 2.24) is 37.9 Å². The third-order valence-electron chi connectivity index (χ3n) is 20.0. The van der Waals surface area contributed by atoms with E-state index in [2.05, 4.69) is 166 Å². The zero-order chi connectivity index (χ0) is 69.5. The molecule has 0 spiro atoms. The van der Waals surface area contributed by atoms with Gasteiger partial charge in [-0.15, -0.1) is 0 Å². The molecule has 0 aliphatic carbocycles.